The highest BCUT2D eigenvalue weighted by atomic mass is 32.2. The third kappa shape index (κ3) is 10.0. The molecule has 6 rings (SSSR count). The van der Waals surface area contributed by atoms with E-state index in [-0.39, 0.29) is 24.0 Å². The molecule has 3 N–H and O–H groups in total. The molecule has 1 aliphatic heterocycles. The number of nitrogens with zero attached hydrogens (tertiary/aromatic N) is 1. The highest BCUT2D eigenvalue weighted by molar-refractivity contribution is 8.00. The molecule has 0 atom stereocenters. The Morgan fingerprint density at radius 3 is 2.35 bits per heavy atom. The second-order valence-electron chi connectivity index (χ2n) is 12.3. The second-order valence-corrected chi connectivity index (χ2v) is 14.5. The van der Waals surface area contributed by atoms with Crippen molar-refractivity contribution in [2.24, 2.45) is 0 Å². The molecule has 0 saturated carbocycles. The van der Waals surface area contributed by atoms with E-state index < -0.39 is 17.8 Å². The molecule has 5 aromatic rings. The van der Waals surface area contributed by atoms with Crippen molar-refractivity contribution in [1.82, 2.24) is 10.2 Å². The molecule has 0 unspecified atom stereocenters. The Morgan fingerprint density at radius 2 is 1.63 bits per heavy atom. The van der Waals surface area contributed by atoms with E-state index in [1.54, 1.807) is 86.8 Å². The lowest BCUT2D eigenvalue weighted by Crippen LogP contribution is -2.30. The zero-order chi connectivity index (χ0) is 37.9. The Balaban J connectivity index is 1.12. The van der Waals surface area contributed by atoms with Crippen LogP contribution in [0, 0.1) is 0 Å². The quantitative estimate of drug-likeness (QED) is 0.0600. The molecule has 12 heteroatoms. The average Bonchev–Trinajstić information content (AvgIpc) is 3.55. The maximum Gasteiger partial charge on any atom is 0.341 e. The van der Waals surface area contributed by atoms with Gasteiger partial charge in [-0.25, -0.2) is 4.79 Å². The largest absolute Gasteiger partial charge is 0.497 e. The van der Waals surface area contributed by atoms with Gasteiger partial charge < -0.3 is 25.4 Å². The Hall–Kier alpha value is -5.69. The van der Waals surface area contributed by atoms with Crippen molar-refractivity contribution in [3.8, 4) is 5.75 Å². The first-order valence-electron chi connectivity index (χ1n) is 17.4. The molecule has 0 spiro atoms. The van der Waals surface area contributed by atoms with Crippen LogP contribution in [0.3, 0.4) is 0 Å². The number of rotatable bonds is 14. The third-order valence-electron chi connectivity index (χ3n) is 8.53. The monoisotopic (exact) mass is 760 g/mol. The fraction of sp³-hybridized carbons (Fsp3) is 0.190. The molecular formula is C42H40N4O6S2. The van der Waals surface area contributed by atoms with Crippen molar-refractivity contribution in [1.29, 1.82) is 0 Å². The van der Waals surface area contributed by atoms with Gasteiger partial charge in [-0.3, -0.25) is 19.3 Å². The lowest BCUT2D eigenvalue weighted by atomic mass is 10.0. The van der Waals surface area contributed by atoms with E-state index in [0.29, 0.717) is 46.1 Å². The van der Waals surface area contributed by atoms with Crippen molar-refractivity contribution in [2.75, 3.05) is 36.6 Å². The molecule has 1 aromatic heterocycles. The van der Waals surface area contributed by atoms with Crippen molar-refractivity contribution in [2.45, 2.75) is 31.3 Å². The lowest BCUT2D eigenvalue weighted by molar-refractivity contribution is -0.114. The second kappa shape index (κ2) is 18.4. The minimum Gasteiger partial charge on any atom is -0.497 e. The predicted molar refractivity (Wildman–Crippen MR) is 214 cm³/mol. The van der Waals surface area contributed by atoms with Crippen molar-refractivity contribution in [3.63, 3.8) is 0 Å². The molecule has 2 heterocycles. The number of anilines is 2. The van der Waals surface area contributed by atoms with Gasteiger partial charge in [-0.2, -0.15) is 0 Å². The number of fused-ring (bicyclic) bond motifs is 1. The minimum absolute atomic E-state index is 0.0469. The molecule has 276 valence electrons. The van der Waals surface area contributed by atoms with Crippen LogP contribution < -0.4 is 20.7 Å². The van der Waals surface area contributed by atoms with Crippen LogP contribution in [0.25, 0.3) is 6.08 Å². The van der Waals surface area contributed by atoms with Gasteiger partial charge in [0.2, 0.25) is 5.91 Å². The van der Waals surface area contributed by atoms with Gasteiger partial charge in [0.15, 0.2) is 0 Å². The summed E-state index contributed by atoms with van der Waals surface area (Å²) in [4.78, 5) is 57.2. The fourth-order valence-corrected chi connectivity index (χ4v) is 7.97. The van der Waals surface area contributed by atoms with Crippen molar-refractivity contribution in [3.05, 3.63) is 148 Å². The number of ether oxygens (including phenoxy) is 2. The van der Waals surface area contributed by atoms with E-state index in [4.69, 9.17) is 9.47 Å². The summed E-state index contributed by atoms with van der Waals surface area (Å²) >= 11 is 2.72. The molecular weight excluding hydrogens is 721 g/mol. The van der Waals surface area contributed by atoms with Crippen LogP contribution in [0.4, 0.5) is 10.7 Å². The summed E-state index contributed by atoms with van der Waals surface area (Å²) in [5.41, 5.74) is 4.22. The van der Waals surface area contributed by atoms with Crippen LogP contribution in [-0.4, -0.2) is 54.6 Å². The lowest BCUT2D eigenvalue weighted by Gasteiger charge is -2.27. The first-order chi connectivity index (χ1) is 26.3. The summed E-state index contributed by atoms with van der Waals surface area (Å²) in [6.07, 6.45) is 2.27. The average molecular weight is 761 g/mol. The summed E-state index contributed by atoms with van der Waals surface area (Å²) in [7, 11) is 1.57. The third-order valence-corrected chi connectivity index (χ3v) is 10.7. The molecule has 0 saturated heterocycles. The Morgan fingerprint density at radius 1 is 0.889 bits per heavy atom. The number of thioether (sulfide) groups is 1. The van der Waals surface area contributed by atoms with Crippen LogP contribution in [0.15, 0.2) is 120 Å². The van der Waals surface area contributed by atoms with Crippen LogP contribution in [-0.2, 0) is 33.8 Å². The molecule has 1 aliphatic rings. The summed E-state index contributed by atoms with van der Waals surface area (Å²) in [6, 6.07) is 33.1. The number of carbonyl (C=O) groups is 4. The molecule has 0 radical (unpaired) electrons. The van der Waals surface area contributed by atoms with Gasteiger partial charge in [-0.1, -0.05) is 66.7 Å². The zero-order valence-electron chi connectivity index (χ0n) is 29.9. The van der Waals surface area contributed by atoms with E-state index in [2.05, 4.69) is 33.0 Å². The van der Waals surface area contributed by atoms with E-state index in [0.717, 1.165) is 28.4 Å². The minimum atomic E-state index is -0.523. The smallest absolute Gasteiger partial charge is 0.341 e. The molecule has 4 aromatic carbocycles. The number of esters is 1. The number of benzene rings is 4. The van der Waals surface area contributed by atoms with Crippen molar-refractivity contribution >= 4 is 63.6 Å². The summed E-state index contributed by atoms with van der Waals surface area (Å²) in [5.74, 6) is -0.924. The fourth-order valence-electron chi connectivity index (χ4n) is 5.92. The first-order valence-corrected chi connectivity index (χ1v) is 19.2. The SMILES string of the molecule is CCOC(=O)c1c(NC(=O)CSc2cccc(NC(=O)/C(=C\c3ccc(OC)cc3)NC(=O)c3ccccc3)c2)sc2c1CCN(Cc1ccccc1)C2. The van der Waals surface area contributed by atoms with E-state index in [9.17, 15) is 19.2 Å². The Labute approximate surface area is 322 Å². The van der Waals surface area contributed by atoms with Crippen LogP contribution >= 0.6 is 23.1 Å². The molecule has 10 nitrogen and oxygen atoms in total. The van der Waals surface area contributed by atoms with Gasteiger partial charge in [0.1, 0.15) is 16.4 Å². The maximum absolute atomic E-state index is 13.6. The normalized spacial score (nSPS) is 12.7. The van der Waals surface area contributed by atoms with Gasteiger partial charge in [0, 0.05) is 40.7 Å². The summed E-state index contributed by atoms with van der Waals surface area (Å²) in [6.45, 7) is 4.27. The van der Waals surface area contributed by atoms with E-state index >= 15 is 0 Å². The Bertz CT molecular complexity index is 2140. The zero-order valence-corrected chi connectivity index (χ0v) is 31.6. The van der Waals surface area contributed by atoms with Gasteiger partial charge in [0.05, 0.1) is 25.0 Å². The number of hydrogen-bond donors (Lipinski definition) is 3. The Kier molecular flexibility index (Phi) is 12.9. The summed E-state index contributed by atoms with van der Waals surface area (Å²) in [5, 5.41) is 9.10. The highest BCUT2D eigenvalue weighted by Gasteiger charge is 2.29. The number of hydrogen-bond acceptors (Lipinski definition) is 9. The molecule has 0 aliphatic carbocycles. The number of thiophene rings is 1. The predicted octanol–water partition coefficient (Wildman–Crippen LogP) is 7.63. The molecule has 3 amide bonds. The van der Waals surface area contributed by atoms with Gasteiger partial charge >= 0.3 is 5.97 Å². The number of carbonyl (C=O) groups excluding carboxylic acids is 4. The number of methoxy groups -OCH3 is 1. The number of nitrogens with one attached hydrogen (secondary N) is 3. The first kappa shape index (κ1) is 38.0. The number of amides is 3. The summed E-state index contributed by atoms with van der Waals surface area (Å²) < 4.78 is 10.6. The molecule has 0 bridgehead atoms. The standard InChI is InChI=1S/C42H40N4O6S2/c1-3-52-42(50)38-34-21-22-46(25-29-11-6-4-7-12-29)26-36(34)54-41(38)45-37(47)27-53-33-16-10-15-31(24-33)43-40(49)35(23-28-17-19-32(51-2)20-18-28)44-39(48)30-13-8-5-9-14-30/h4-20,23-24H,3,21-22,25-27H2,1-2H3,(H,43,49)(H,44,48)(H,45,47)/b35-23+. The van der Waals surface area contributed by atoms with E-state index in [1.165, 1.54) is 28.7 Å². The van der Waals surface area contributed by atoms with Crippen molar-refractivity contribution < 1.29 is 28.7 Å². The van der Waals surface area contributed by atoms with Gasteiger partial charge in [-0.15, -0.1) is 23.1 Å². The van der Waals surface area contributed by atoms with Gasteiger partial charge in [-0.05, 0) is 78.6 Å². The van der Waals surface area contributed by atoms with Crippen LogP contribution in [0.5, 0.6) is 5.75 Å². The van der Waals surface area contributed by atoms with Gasteiger partial charge in [0.25, 0.3) is 11.8 Å². The molecule has 54 heavy (non-hydrogen) atoms. The topological polar surface area (TPSA) is 126 Å². The van der Waals surface area contributed by atoms with Crippen LogP contribution in [0.1, 0.15) is 49.2 Å². The maximum atomic E-state index is 13.6. The van der Waals surface area contributed by atoms with E-state index in [1.807, 2.05) is 30.3 Å². The highest BCUT2D eigenvalue weighted by Crippen LogP contribution is 2.38. The van der Waals surface area contributed by atoms with Crippen LogP contribution in [0.2, 0.25) is 0 Å². The molecule has 0 fully saturated rings.